The summed E-state index contributed by atoms with van der Waals surface area (Å²) in [6.07, 6.45) is -0.591. The van der Waals surface area contributed by atoms with Gasteiger partial charge in [-0.1, -0.05) is 32.9 Å². The van der Waals surface area contributed by atoms with E-state index in [2.05, 4.69) is 5.32 Å². The van der Waals surface area contributed by atoms with Crippen molar-refractivity contribution in [3.05, 3.63) is 29.8 Å². The van der Waals surface area contributed by atoms with Crippen molar-refractivity contribution >= 4 is 5.91 Å². The maximum Gasteiger partial charge on any atom is 0.225 e. The van der Waals surface area contributed by atoms with E-state index in [9.17, 15) is 9.90 Å². The third kappa shape index (κ3) is 5.21. The Labute approximate surface area is 121 Å². The van der Waals surface area contributed by atoms with E-state index in [1.54, 1.807) is 0 Å². The van der Waals surface area contributed by atoms with Crippen LogP contribution in [0.2, 0.25) is 0 Å². The van der Waals surface area contributed by atoms with Crippen LogP contribution in [0.1, 0.15) is 46.3 Å². The van der Waals surface area contributed by atoms with E-state index in [4.69, 9.17) is 4.74 Å². The van der Waals surface area contributed by atoms with Crippen LogP contribution in [0.3, 0.4) is 0 Å². The first kappa shape index (κ1) is 16.5. The van der Waals surface area contributed by atoms with E-state index in [0.29, 0.717) is 0 Å². The van der Waals surface area contributed by atoms with Crippen LogP contribution in [0.4, 0.5) is 0 Å². The third-order valence-electron chi connectivity index (χ3n) is 2.77. The summed E-state index contributed by atoms with van der Waals surface area (Å²) in [5, 5.41) is 12.8. The standard InChI is InChI=1S/C16H25NO3/c1-11(2)20-13-8-6-12(7-9-13)14(18)10-17-15(19)16(3,4)5/h6-9,11,14,18H,10H2,1-5H3,(H,17,19). The molecule has 0 aliphatic heterocycles. The zero-order valence-corrected chi connectivity index (χ0v) is 12.9. The average molecular weight is 279 g/mol. The Bertz CT molecular complexity index is 432. The molecule has 0 spiro atoms. The highest BCUT2D eigenvalue weighted by Crippen LogP contribution is 2.19. The molecule has 0 aliphatic carbocycles. The summed E-state index contributed by atoms with van der Waals surface area (Å²) in [6, 6.07) is 7.27. The topological polar surface area (TPSA) is 58.6 Å². The molecule has 2 N–H and O–H groups in total. The molecule has 0 aliphatic rings. The Hall–Kier alpha value is -1.55. The van der Waals surface area contributed by atoms with Crippen LogP contribution in [0.25, 0.3) is 0 Å². The monoisotopic (exact) mass is 279 g/mol. The second kappa shape index (κ2) is 6.75. The first-order valence-electron chi connectivity index (χ1n) is 6.93. The van der Waals surface area contributed by atoms with Gasteiger partial charge in [-0.15, -0.1) is 0 Å². The second-order valence-corrected chi connectivity index (χ2v) is 6.21. The highest BCUT2D eigenvalue weighted by Gasteiger charge is 2.21. The van der Waals surface area contributed by atoms with Crippen molar-refractivity contribution in [3.8, 4) is 5.75 Å². The number of hydrogen-bond acceptors (Lipinski definition) is 3. The summed E-state index contributed by atoms with van der Waals surface area (Å²) < 4.78 is 5.54. The van der Waals surface area contributed by atoms with E-state index in [1.165, 1.54) is 0 Å². The maximum atomic E-state index is 11.7. The van der Waals surface area contributed by atoms with Crippen molar-refractivity contribution < 1.29 is 14.6 Å². The zero-order chi connectivity index (χ0) is 15.3. The Morgan fingerprint density at radius 3 is 2.25 bits per heavy atom. The van der Waals surface area contributed by atoms with Crippen LogP contribution in [0, 0.1) is 5.41 Å². The van der Waals surface area contributed by atoms with E-state index < -0.39 is 11.5 Å². The van der Waals surface area contributed by atoms with Crippen LogP contribution in [-0.4, -0.2) is 23.7 Å². The Morgan fingerprint density at radius 2 is 1.80 bits per heavy atom. The molecule has 0 saturated carbocycles. The van der Waals surface area contributed by atoms with Gasteiger partial charge in [-0.3, -0.25) is 4.79 Å². The second-order valence-electron chi connectivity index (χ2n) is 6.21. The van der Waals surface area contributed by atoms with Gasteiger partial charge >= 0.3 is 0 Å². The van der Waals surface area contributed by atoms with E-state index in [0.717, 1.165) is 11.3 Å². The summed E-state index contributed by atoms with van der Waals surface area (Å²) in [7, 11) is 0. The van der Waals surface area contributed by atoms with Crippen LogP contribution < -0.4 is 10.1 Å². The number of ether oxygens (including phenoxy) is 1. The number of rotatable bonds is 5. The third-order valence-corrected chi connectivity index (χ3v) is 2.77. The van der Waals surface area contributed by atoms with Crippen molar-refractivity contribution in [2.45, 2.75) is 46.8 Å². The molecule has 1 rings (SSSR count). The van der Waals surface area contributed by atoms with E-state index in [1.807, 2.05) is 58.9 Å². The molecule has 1 atom stereocenters. The minimum atomic E-state index is -0.714. The van der Waals surface area contributed by atoms with Crippen LogP contribution in [-0.2, 0) is 4.79 Å². The van der Waals surface area contributed by atoms with Gasteiger partial charge in [-0.2, -0.15) is 0 Å². The molecule has 0 bridgehead atoms. The lowest BCUT2D eigenvalue weighted by Crippen LogP contribution is -2.37. The van der Waals surface area contributed by atoms with Crippen molar-refractivity contribution in [1.82, 2.24) is 5.32 Å². The lowest BCUT2D eigenvalue weighted by Gasteiger charge is -2.20. The Balaban J connectivity index is 2.55. The molecule has 20 heavy (non-hydrogen) atoms. The molecule has 4 heteroatoms. The first-order chi connectivity index (χ1) is 9.20. The molecule has 0 heterocycles. The minimum Gasteiger partial charge on any atom is -0.491 e. The van der Waals surface area contributed by atoms with Crippen LogP contribution in [0.5, 0.6) is 5.75 Å². The SMILES string of the molecule is CC(C)Oc1ccc(C(O)CNC(=O)C(C)(C)C)cc1. The van der Waals surface area contributed by atoms with Gasteiger partial charge in [-0.05, 0) is 31.5 Å². The quantitative estimate of drug-likeness (QED) is 0.871. The number of nitrogens with one attached hydrogen (secondary N) is 1. The molecule has 0 saturated heterocycles. The molecule has 4 nitrogen and oxygen atoms in total. The summed E-state index contributed by atoms with van der Waals surface area (Å²) in [5.41, 5.74) is 0.310. The van der Waals surface area contributed by atoms with Crippen LogP contribution in [0.15, 0.2) is 24.3 Å². The number of hydrogen-bond donors (Lipinski definition) is 2. The number of carbonyl (C=O) groups is 1. The van der Waals surface area contributed by atoms with Crippen molar-refractivity contribution in [2.75, 3.05) is 6.54 Å². The van der Waals surface area contributed by atoms with Crippen molar-refractivity contribution in [1.29, 1.82) is 0 Å². The number of aliphatic hydroxyl groups excluding tert-OH is 1. The van der Waals surface area contributed by atoms with Crippen molar-refractivity contribution in [2.24, 2.45) is 5.41 Å². The fourth-order valence-electron chi connectivity index (χ4n) is 1.61. The van der Waals surface area contributed by atoms with Gasteiger partial charge in [0.15, 0.2) is 0 Å². The summed E-state index contributed by atoms with van der Waals surface area (Å²) in [6.45, 7) is 9.66. The van der Waals surface area contributed by atoms with E-state index >= 15 is 0 Å². The zero-order valence-electron chi connectivity index (χ0n) is 12.9. The van der Waals surface area contributed by atoms with Crippen molar-refractivity contribution in [3.63, 3.8) is 0 Å². The predicted molar refractivity (Wildman–Crippen MR) is 79.6 cm³/mol. The average Bonchev–Trinajstić information content (AvgIpc) is 2.34. The molecular weight excluding hydrogens is 254 g/mol. The maximum absolute atomic E-state index is 11.7. The summed E-state index contributed by atoms with van der Waals surface area (Å²) in [4.78, 5) is 11.7. The van der Waals surface area contributed by atoms with Gasteiger partial charge in [0.05, 0.1) is 12.2 Å². The normalized spacial score (nSPS) is 13.2. The predicted octanol–water partition coefficient (Wildman–Crippen LogP) is 2.67. The molecule has 0 radical (unpaired) electrons. The molecule has 112 valence electrons. The molecule has 0 aromatic heterocycles. The highest BCUT2D eigenvalue weighted by atomic mass is 16.5. The first-order valence-corrected chi connectivity index (χ1v) is 6.93. The van der Waals surface area contributed by atoms with Gasteiger partial charge in [0.1, 0.15) is 5.75 Å². The molecule has 1 unspecified atom stereocenters. The minimum absolute atomic E-state index is 0.0729. The molecule has 0 fully saturated rings. The lowest BCUT2D eigenvalue weighted by molar-refractivity contribution is -0.129. The largest absolute Gasteiger partial charge is 0.491 e. The van der Waals surface area contributed by atoms with Crippen LogP contribution >= 0.6 is 0 Å². The fourth-order valence-corrected chi connectivity index (χ4v) is 1.61. The molecule has 1 amide bonds. The smallest absolute Gasteiger partial charge is 0.225 e. The molecular formula is C16H25NO3. The summed E-state index contributed by atoms with van der Waals surface area (Å²) >= 11 is 0. The Morgan fingerprint density at radius 1 is 1.25 bits per heavy atom. The Kier molecular flexibility index (Phi) is 5.57. The number of benzene rings is 1. The number of amides is 1. The van der Waals surface area contributed by atoms with Gasteiger partial charge in [-0.25, -0.2) is 0 Å². The lowest BCUT2D eigenvalue weighted by atomic mass is 9.95. The fraction of sp³-hybridized carbons (Fsp3) is 0.562. The highest BCUT2D eigenvalue weighted by molar-refractivity contribution is 5.81. The molecule has 1 aromatic rings. The summed E-state index contributed by atoms with van der Waals surface area (Å²) in [5.74, 6) is 0.700. The van der Waals surface area contributed by atoms with Gasteiger partial charge in [0.25, 0.3) is 0 Å². The van der Waals surface area contributed by atoms with Gasteiger partial charge in [0, 0.05) is 12.0 Å². The molecule has 1 aromatic carbocycles. The van der Waals surface area contributed by atoms with Gasteiger partial charge < -0.3 is 15.2 Å². The van der Waals surface area contributed by atoms with E-state index in [-0.39, 0.29) is 18.6 Å². The van der Waals surface area contributed by atoms with Gasteiger partial charge in [0.2, 0.25) is 5.91 Å². The number of aliphatic hydroxyl groups is 1. The number of carbonyl (C=O) groups excluding carboxylic acids is 1.